The van der Waals surface area contributed by atoms with Gasteiger partial charge in [0.1, 0.15) is 0 Å². The van der Waals surface area contributed by atoms with Crippen molar-refractivity contribution in [2.75, 3.05) is 32.7 Å². The Kier molecular flexibility index (Phi) is 7.93. The summed E-state index contributed by atoms with van der Waals surface area (Å²) in [4.78, 5) is 22.4. The van der Waals surface area contributed by atoms with Crippen LogP contribution in [-0.4, -0.2) is 59.5 Å². The molecule has 0 radical (unpaired) electrons. The standard InChI is InChI=1S/C27H38N4O/c1-3-21(2)19-29-27(32)24-9-12-28-26(18-24)23-8-6-7-22(17-23)20-30-15-10-25(11-16-30)31-13-4-5-14-31/h6-9,12,17-18,21,25H,3-5,10-11,13-16,19-20H2,1-2H3,(H,29,32)/t21-/m0/s1. The maximum absolute atomic E-state index is 12.6. The highest BCUT2D eigenvalue weighted by molar-refractivity contribution is 5.95. The van der Waals surface area contributed by atoms with E-state index in [1.54, 1.807) is 12.3 Å². The molecule has 1 atom stereocenters. The largest absolute Gasteiger partial charge is 0.352 e. The molecule has 1 N–H and O–H groups in total. The van der Waals surface area contributed by atoms with Gasteiger partial charge in [0, 0.05) is 36.5 Å². The summed E-state index contributed by atoms with van der Waals surface area (Å²) in [5.74, 6) is 0.461. The van der Waals surface area contributed by atoms with Crippen molar-refractivity contribution in [2.45, 2.75) is 58.5 Å². The molecule has 2 aromatic rings. The van der Waals surface area contributed by atoms with Gasteiger partial charge in [0.25, 0.3) is 5.91 Å². The normalized spacial score (nSPS) is 19.2. The summed E-state index contributed by atoms with van der Waals surface area (Å²) in [6.45, 7) is 10.9. The van der Waals surface area contributed by atoms with Gasteiger partial charge in [-0.1, -0.05) is 38.5 Å². The number of aromatic nitrogens is 1. The Hall–Kier alpha value is -2.24. The summed E-state index contributed by atoms with van der Waals surface area (Å²) in [6.07, 6.45) is 8.13. The second-order valence-electron chi connectivity index (χ2n) is 9.60. The van der Waals surface area contributed by atoms with Crippen LogP contribution in [0.1, 0.15) is 61.9 Å². The summed E-state index contributed by atoms with van der Waals surface area (Å²) >= 11 is 0. The van der Waals surface area contributed by atoms with E-state index < -0.39 is 0 Å². The van der Waals surface area contributed by atoms with E-state index in [9.17, 15) is 4.79 Å². The Bertz CT molecular complexity index is 885. The first-order chi connectivity index (χ1) is 15.6. The topological polar surface area (TPSA) is 48.5 Å². The second-order valence-corrected chi connectivity index (χ2v) is 9.60. The molecule has 1 amide bonds. The number of nitrogens with one attached hydrogen (secondary N) is 1. The molecule has 5 heteroatoms. The highest BCUT2D eigenvalue weighted by Gasteiger charge is 2.26. The fourth-order valence-electron chi connectivity index (χ4n) is 4.88. The van der Waals surface area contributed by atoms with E-state index in [-0.39, 0.29) is 5.91 Å². The molecule has 4 rings (SSSR count). The molecular weight excluding hydrogens is 396 g/mol. The minimum Gasteiger partial charge on any atom is -0.352 e. The van der Waals surface area contributed by atoms with Crippen LogP contribution in [0.4, 0.5) is 0 Å². The molecule has 1 aromatic heterocycles. The van der Waals surface area contributed by atoms with Gasteiger partial charge in [-0.15, -0.1) is 0 Å². The molecule has 2 aliphatic rings. The fourth-order valence-corrected chi connectivity index (χ4v) is 4.88. The van der Waals surface area contributed by atoms with Crippen LogP contribution in [0.2, 0.25) is 0 Å². The molecule has 2 saturated heterocycles. The lowest BCUT2D eigenvalue weighted by Gasteiger charge is -2.36. The first-order valence-corrected chi connectivity index (χ1v) is 12.4. The highest BCUT2D eigenvalue weighted by Crippen LogP contribution is 2.24. The molecule has 0 aliphatic carbocycles. The molecule has 2 aliphatic heterocycles. The number of rotatable bonds is 8. The molecule has 0 bridgehead atoms. The number of likely N-dealkylation sites (tertiary alicyclic amines) is 2. The molecule has 0 spiro atoms. The van der Waals surface area contributed by atoms with Crippen LogP contribution in [-0.2, 0) is 6.54 Å². The van der Waals surface area contributed by atoms with Crippen molar-refractivity contribution in [3.63, 3.8) is 0 Å². The van der Waals surface area contributed by atoms with Gasteiger partial charge < -0.3 is 10.2 Å². The molecule has 5 nitrogen and oxygen atoms in total. The lowest BCUT2D eigenvalue weighted by molar-refractivity contribution is 0.0947. The molecule has 172 valence electrons. The zero-order valence-corrected chi connectivity index (χ0v) is 19.7. The van der Waals surface area contributed by atoms with Crippen molar-refractivity contribution in [1.29, 1.82) is 0 Å². The van der Waals surface area contributed by atoms with Crippen LogP contribution >= 0.6 is 0 Å². The number of piperidine rings is 1. The Morgan fingerprint density at radius 2 is 1.91 bits per heavy atom. The third-order valence-electron chi connectivity index (χ3n) is 7.17. The van der Waals surface area contributed by atoms with Gasteiger partial charge in [-0.05, 0) is 81.5 Å². The zero-order valence-electron chi connectivity index (χ0n) is 19.7. The van der Waals surface area contributed by atoms with Crippen LogP contribution in [0.5, 0.6) is 0 Å². The van der Waals surface area contributed by atoms with Crippen molar-refractivity contribution in [3.8, 4) is 11.3 Å². The van der Waals surface area contributed by atoms with Crippen molar-refractivity contribution >= 4 is 5.91 Å². The fraction of sp³-hybridized carbons (Fsp3) is 0.556. The number of nitrogens with zero attached hydrogens (tertiary/aromatic N) is 3. The number of amides is 1. The number of hydrogen-bond donors (Lipinski definition) is 1. The summed E-state index contributed by atoms with van der Waals surface area (Å²) in [6, 6.07) is 13.1. The van der Waals surface area contributed by atoms with Crippen molar-refractivity contribution < 1.29 is 4.79 Å². The number of carbonyl (C=O) groups excluding carboxylic acids is 1. The van der Waals surface area contributed by atoms with E-state index in [0.29, 0.717) is 18.0 Å². The molecule has 2 fully saturated rings. The van der Waals surface area contributed by atoms with E-state index >= 15 is 0 Å². The summed E-state index contributed by atoms with van der Waals surface area (Å²) in [5, 5.41) is 3.04. The monoisotopic (exact) mass is 434 g/mol. The van der Waals surface area contributed by atoms with E-state index in [0.717, 1.165) is 30.3 Å². The summed E-state index contributed by atoms with van der Waals surface area (Å²) < 4.78 is 0. The van der Waals surface area contributed by atoms with E-state index in [1.807, 2.05) is 6.07 Å². The maximum atomic E-state index is 12.6. The van der Waals surface area contributed by atoms with E-state index in [2.05, 4.69) is 58.2 Å². The first-order valence-electron chi connectivity index (χ1n) is 12.4. The lowest BCUT2D eigenvalue weighted by atomic mass is 10.0. The number of carbonyl (C=O) groups is 1. The third-order valence-corrected chi connectivity index (χ3v) is 7.17. The predicted octanol–water partition coefficient (Wildman–Crippen LogP) is 4.58. The Labute approximate surface area is 193 Å². The van der Waals surface area contributed by atoms with E-state index in [1.165, 1.54) is 57.4 Å². The number of benzene rings is 1. The van der Waals surface area contributed by atoms with Crippen molar-refractivity contribution in [1.82, 2.24) is 20.1 Å². The van der Waals surface area contributed by atoms with Crippen LogP contribution in [0.25, 0.3) is 11.3 Å². The first kappa shape index (κ1) is 22.9. The van der Waals surface area contributed by atoms with Crippen molar-refractivity contribution in [2.24, 2.45) is 5.92 Å². The van der Waals surface area contributed by atoms with Gasteiger partial charge in [-0.3, -0.25) is 14.7 Å². The van der Waals surface area contributed by atoms with Gasteiger partial charge in [0.2, 0.25) is 0 Å². The van der Waals surface area contributed by atoms with Gasteiger partial charge in [-0.2, -0.15) is 0 Å². The highest BCUT2D eigenvalue weighted by atomic mass is 16.1. The second kappa shape index (κ2) is 11.1. The summed E-state index contributed by atoms with van der Waals surface area (Å²) in [7, 11) is 0. The Morgan fingerprint density at radius 1 is 1.12 bits per heavy atom. The minimum atomic E-state index is -0.0222. The molecule has 0 unspecified atom stereocenters. The Morgan fingerprint density at radius 3 is 2.66 bits per heavy atom. The van der Waals surface area contributed by atoms with E-state index in [4.69, 9.17) is 0 Å². The number of hydrogen-bond acceptors (Lipinski definition) is 4. The van der Waals surface area contributed by atoms with Crippen LogP contribution in [0.3, 0.4) is 0 Å². The minimum absolute atomic E-state index is 0.0222. The summed E-state index contributed by atoms with van der Waals surface area (Å²) in [5.41, 5.74) is 3.92. The SMILES string of the molecule is CC[C@H](C)CNC(=O)c1ccnc(-c2cccc(CN3CCC(N4CCCC4)CC3)c2)c1. The van der Waals surface area contributed by atoms with Crippen LogP contribution < -0.4 is 5.32 Å². The quantitative estimate of drug-likeness (QED) is 0.660. The van der Waals surface area contributed by atoms with Crippen molar-refractivity contribution in [3.05, 3.63) is 53.7 Å². The predicted molar refractivity (Wildman–Crippen MR) is 131 cm³/mol. The molecule has 3 heterocycles. The number of pyridine rings is 1. The van der Waals surface area contributed by atoms with Gasteiger partial charge >= 0.3 is 0 Å². The molecule has 32 heavy (non-hydrogen) atoms. The molecule has 1 aromatic carbocycles. The maximum Gasteiger partial charge on any atom is 0.251 e. The Balaban J connectivity index is 1.36. The van der Waals surface area contributed by atoms with Gasteiger partial charge in [-0.25, -0.2) is 0 Å². The van der Waals surface area contributed by atoms with Crippen LogP contribution in [0.15, 0.2) is 42.6 Å². The average molecular weight is 435 g/mol. The molecule has 0 saturated carbocycles. The van der Waals surface area contributed by atoms with Gasteiger partial charge in [0.15, 0.2) is 0 Å². The van der Waals surface area contributed by atoms with Gasteiger partial charge in [0.05, 0.1) is 5.69 Å². The molecular formula is C27H38N4O. The smallest absolute Gasteiger partial charge is 0.251 e. The third kappa shape index (κ3) is 5.96. The average Bonchev–Trinajstić information content (AvgIpc) is 3.38. The zero-order chi connectivity index (χ0) is 22.3. The lowest BCUT2D eigenvalue weighted by Crippen LogP contribution is -2.43. The van der Waals surface area contributed by atoms with Crippen LogP contribution in [0, 0.1) is 5.92 Å².